The molecular weight excluding hydrogens is 236 g/mol. The van der Waals surface area contributed by atoms with Crippen LogP contribution in [0.1, 0.15) is 0 Å². The summed E-state index contributed by atoms with van der Waals surface area (Å²) in [5.74, 6) is 0.824. The Bertz CT molecular complexity index is 425. The molecule has 7 heteroatoms. The van der Waals surface area contributed by atoms with Gasteiger partial charge >= 0.3 is 0 Å². The summed E-state index contributed by atoms with van der Waals surface area (Å²) in [6, 6.07) is 0. The lowest BCUT2D eigenvalue weighted by atomic mass is 10.6. The van der Waals surface area contributed by atoms with Gasteiger partial charge < -0.3 is 5.73 Å². The van der Waals surface area contributed by atoms with E-state index in [9.17, 15) is 0 Å². The van der Waals surface area contributed by atoms with E-state index in [0.717, 1.165) is 4.47 Å². The van der Waals surface area contributed by atoms with Crippen molar-refractivity contribution in [3.8, 4) is 5.82 Å². The minimum Gasteiger partial charge on any atom is -0.366 e. The van der Waals surface area contributed by atoms with Crippen LogP contribution in [0.15, 0.2) is 23.3 Å². The molecule has 0 amide bonds. The van der Waals surface area contributed by atoms with E-state index in [1.165, 1.54) is 17.3 Å². The Hall–Kier alpha value is -1.50. The molecule has 6 nitrogen and oxygen atoms in total. The maximum atomic E-state index is 5.36. The minimum absolute atomic E-state index is 0.213. The SMILES string of the molecule is Nc1ncn(-c2ncncc2Br)n1. The summed E-state index contributed by atoms with van der Waals surface area (Å²) < 4.78 is 2.21. The molecular formula is C6H5BrN6. The van der Waals surface area contributed by atoms with Crippen molar-refractivity contribution in [1.82, 2.24) is 24.7 Å². The number of hydrogen-bond donors (Lipinski definition) is 1. The second-order valence-electron chi connectivity index (χ2n) is 2.24. The third-order valence-corrected chi connectivity index (χ3v) is 1.93. The molecule has 2 rings (SSSR count). The largest absolute Gasteiger partial charge is 0.366 e. The van der Waals surface area contributed by atoms with E-state index in [1.54, 1.807) is 6.20 Å². The summed E-state index contributed by atoms with van der Waals surface area (Å²) in [5, 5.41) is 3.90. The summed E-state index contributed by atoms with van der Waals surface area (Å²) in [5.41, 5.74) is 5.36. The molecule has 66 valence electrons. The zero-order chi connectivity index (χ0) is 9.26. The highest BCUT2D eigenvalue weighted by Crippen LogP contribution is 2.15. The maximum absolute atomic E-state index is 5.36. The van der Waals surface area contributed by atoms with Crippen LogP contribution in [-0.4, -0.2) is 24.7 Å². The zero-order valence-corrected chi connectivity index (χ0v) is 8.01. The molecule has 0 aromatic carbocycles. The van der Waals surface area contributed by atoms with Gasteiger partial charge in [0.2, 0.25) is 5.95 Å². The zero-order valence-electron chi connectivity index (χ0n) is 6.42. The fourth-order valence-corrected chi connectivity index (χ4v) is 1.25. The fraction of sp³-hybridized carbons (Fsp3) is 0. The number of nitrogens with two attached hydrogens (primary N) is 1. The number of aromatic nitrogens is 5. The Morgan fingerprint density at radius 2 is 2.23 bits per heavy atom. The molecule has 0 radical (unpaired) electrons. The van der Waals surface area contributed by atoms with Gasteiger partial charge in [-0.15, -0.1) is 5.10 Å². The Labute approximate surface area is 82.0 Å². The highest BCUT2D eigenvalue weighted by Gasteiger charge is 2.04. The molecule has 0 aliphatic rings. The van der Waals surface area contributed by atoms with E-state index in [0.29, 0.717) is 5.82 Å². The Morgan fingerprint density at radius 1 is 1.38 bits per heavy atom. The van der Waals surface area contributed by atoms with Gasteiger partial charge in [0.25, 0.3) is 0 Å². The number of halogens is 1. The molecule has 2 aromatic heterocycles. The van der Waals surface area contributed by atoms with Crippen LogP contribution in [0, 0.1) is 0 Å². The van der Waals surface area contributed by atoms with Gasteiger partial charge in [-0.1, -0.05) is 0 Å². The summed E-state index contributed by atoms with van der Waals surface area (Å²) in [4.78, 5) is 11.6. The van der Waals surface area contributed by atoms with E-state index in [-0.39, 0.29) is 5.95 Å². The summed E-state index contributed by atoms with van der Waals surface area (Å²) in [6.07, 6.45) is 4.54. The van der Waals surface area contributed by atoms with Crippen molar-refractivity contribution in [3.05, 3.63) is 23.3 Å². The van der Waals surface area contributed by atoms with Crippen LogP contribution in [0.25, 0.3) is 5.82 Å². The Balaban J connectivity index is 2.52. The lowest BCUT2D eigenvalue weighted by Crippen LogP contribution is -2.00. The Kier molecular flexibility index (Phi) is 1.93. The number of anilines is 1. The van der Waals surface area contributed by atoms with E-state index in [4.69, 9.17) is 5.73 Å². The topological polar surface area (TPSA) is 82.5 Å². The first-order valence-electron chi connectivity index (χ1n) is 3.40. The number of hydrogen-bond acceptors (Lipinski definition) is 5. The van der Waals surface area contributed by atoms with Crippen molar-refractivity contribution in [3.63, 3.8) is 0 Å². The van der Waals surface area contributed by atoms with Gasteiger partial charge in [0.15, 0.2) is 5.82 Å². The van der Waals surface area contributed by atoms with Gasteiger partial charge in [0.1, 0.15) is 12.7 Å². The number of rotatable bonds is 1. The van der Waals surface area contributed by atoms with E-state index in [2.05, 4.69) is 36.0 Å². The highest BCUT2D eigenvalue weighted by molar-refractivity contribution is 9.10. The summed E-state index contributed by atoms with van der Waals surface area (Å²) in [7, 11) is 0. The smallest absolute Gasteiger partial charge is 0.239 e. The maximum Gasteiger partial charge on any atom is 0.239 e. The van der Waals surface area contributed by atoms with Crippen molar-refractivity contribution >= 4 is 21.9 Å². The van der Waals surface area contributed by atoms with E-state index < -0.39 is 0 Å². The lowest BCUT2D eigenvalue weighted by molar-refractivity contribution is 0.835. The van der Waals surface area contributed by atoms with Crippen molar-refractivity contribution in [2.45, 2.75) is 0 Å². The number of nitrogens with zero attached hydrogens (tertiary/aromatic N) is 5. The van der Waals surface area contributed by atoms with Gasteiger partial charge in [-0.3, -0.25) is 0 Å². The molecule has 0 atom stereocenters. The first-order valence-corrected chi connectivity index (χ1v) is 4.19. The molecule has 0 spiro atoms. The second-order valence-corrected chi connectivity index (χ2v) is 3.10. The van der Waals surface area contributed by atoms with Gasteiger partial charge in [0.05, 0.1) is 4.47 Å². The predicted octanol–water partition coefficient (Wildman–Crippen LogP) is 0.402. The van der Waals surface area contributed by atoms with Crippen LogP contribution in [-0.2, 0) is 0 Å². The number of nitrogen functional groups attached to an aromatic ring is 1. The van der Waals surface area contributed by atoms with Gasteiger partial charge in [-0.05, 0) is 15.9 Å². The van der Waals surface area contributed by atoms with Crippen LogP contribution in [0.3, 0.4) is 0 Å². The molecule has 13 heavy (non-hydrogen) atoms. The average Bonchev–Trinajstić information content (AvgIpc) is 2.53. The van der Waals surface area contributed by atoms with Crippen LogP contribution < -0.4 is 5.73 Å². The van der Waals surface area contributed by atoms with Crippen LogP contribution in [0.2, 0.25) is 0 Å². The lowest BCUT2D eigenvalue weighted by Gasteiger charge is -1.99. The molecule has 2 heterocycles. The van der Waals surface area contributed by atoms with Crippen molar-refractivity contribution in [2.24, 2.45) is 0 Å². The molecule has 2 N–H and O–H groups in total. The molecule has 0 bridgehead atoms. The van der Waals surface area contributed by atoms with E-state index in [1.807, 2.05) is 0 Å². The molecule has 0 fully saturated rings. The van der Waals surface area contributed by atoms with Gasteiger partial charge in [-0.2, -0.15) is 4.68 Å². The molecule has 0 aliphatic carbocycles. The molecule has 0 aliphatic heterocycles. The van der Waals surface area contributed by atoms with Gasteiger partial charge in [0, 0.05) is 6.20 Å². The predicted molar refractivity (Wildman–Crippen MR) is 49.1 cm³/mol. The average molecular weight is 241 g/mol. The standard InChI is InChI=1S/C6H5BrN6/c7-4-1-9-2-10-5(4)13-3-11-6(8)12-13/h1-3H,(H2,8,12). The summed E-state index contributed by atoms with van der Waals surface area (Å²) >= 11 is 3.29. The highest BCUT2D eigenvalue weighted by atomic mass is 79.9. The van der Waals surface area contributed by atoms with Crippen LogP contribution >= 0.6 is 15.9 Å². The second kappa shape index (κ2) is 3.09. The third-order valence-electron chi connectivity index (χ3n) is 1.37. The monoisotopic (exact) mass is 240 g/mol. The van der Waals surface area contributed by atoms with E-state index >= 15 is 0 Å². The van der Waals surface area contributed by atoms with Crippen LogP contribution in [0.4, 0.5) is 5.95 Å². The molecule has 2 aromatic rings. The molecule has 0 saturated heterocycles. The van der Waals surface area contributed by atoms with Crippen molar-refractivity contribution < 1.29 is 0 Å². The fourth-order valence-electron chi connectivity index (χ4n) is 0.853. The van der Waals surface area contributed by atoms with Crippen LogP contribution in [0.5, 0.6) is 0 Å². The normalized spacial score (nSPS) is 10.2. The Morgan fingerprint density at radius 3 is 2.85 bits per heavy atom. The van der Waals surface area contributed by atoms with Gasteiger partial charge in [-0.25, -0.2) is 15.0 Å². The third kappa shape index (κ3) is 1.50. The molecule has 0 unspecified atom stereocenters. The quantitative estimate of drug-likeness (QED) is 0.781. The van der Waals surface area contributed by atoms with Crippen molar-refractivity contribution in [1.29, 1.82) is 0 Å². The first-order chi connectivity index (χ1) is 6.27. The molecule has 0 saturated carbocycles. The first kappa shape index (κ1) is 8.11. The minimum atomic E-state index is 0.213. The van der Waals surface area contributed by atoms with Crippen molar-refractivity contribution in [2.75, 3.05) is 5.73 Å². The summed E-state index contributed by atoms with van der Waals surface area (Å²) in [6.45, 7) is 0.